The number of hydrogen-bond acceptors (Lipinski definition) is 2. The Morgan fingerprint density at radius 2 is 2.27 bits per heavy atom. The standard InChI is InChI=1S/C11H10ClN3/c1-7(2)9-3-4-15-6-8(5-13)14-11(15)10(9)12/h3-4,6-7H,1-2H3. The minimum atomic E-state index is 0.352. The van der Waals surface area contributed by atoms with Gasteiger partial charge >= 0.3 is 0 Å². The molecule has 0 fully saturated rings. The van der Waals surface area contributed by atoms with Crippen molar-refractivity contribution in [2.75, 3.05) is 0 Å². The molecule has 0 radical (unpaired) electrons. The Labute approximate surface area is 92.9 Å². The number of pyridine rings is 1. The number of imidazole rings is 1. The highest BCUT2D eigenvalue weighted by atomic mass is 35.5. The van der Waals surface area contributed by atoms with Gasteiger partial charge < -0.3 is 4.40 Å². The zero-order valence-corrected chi connectivity index (χ0v) is 9.28. The monoisotopic (exact) mass is 219 g/mol. The molecule has 0 N–H and O–H groups in total. The Kier molecular flexibility index (Phi) is 2.37. The van der Waals surface area contributed by atoms with Gasteiger partial charge in [-0.05, 0) is 17.5 Å². The van der Waals surface area contributed by atoms with Gasteiger partial charge in [0, 0.05) is 12.4 Å². The molecule has 76 valence electrons. The SMILES string of the molecule is CC(C)c1ccn2cc(C#N)nc2c1Cl. The topological polar surface area (TPSA) is 41.1 Å². The highest BCUT2D eigenvalue weighted by Crippen LogP contribution is 2.27. The molecule has 0 saturated heterocycles. The van der Waals surface area contributed by atoms with E-state index in [2.05, 4.69) is 18.8 Å². The zero-order valence-electron chi connectivity index (χ0n) is 8.53. The van der Waals surface area contributed by atoms with Crippen LogP contribution in [0, 0.1) is 11.3 Å². The zero-order chi connectivity index (χ0) is 11.0. The van der Waals surface area contributed by atoms with Crippen LogP contribution in [-0.4, -0.2) is 9.38 Å². The van der Waals surface area contributed by atoms with Crippen molar-refractivity contribution >= 4 is 17.2 Å². The molecule has 0 aromatic carbocycles. The highest BCUT2D eigenvalue weighted by Gasteiger charge is 2.11. The summed E-state index contributed by atoms with van der Waals surface area (Å²) < 4.78 is 1.77. The number of nitrogens with zero attached hydrogens (tertiary/aromatic N) is 3. The van der Waals surface area contributed by atoms with E-state index < -0.39 is 0 Å². The Bertz CT molecular complexity index is 549. The number of rotatable bonds is 1. The lowest BCUT2D eigenvalue weighted by atomic mass is 10.1. The van der Waals surface area contributed by atoms with Crippen molar-refractivity contribution in [1.29, 1.82) is 5.26 Å². The first-order valence-corrected chi connectivity index (χ1v) is 5.08. The largest absolute Gasteiger partial charge is 0.304 e. The lowest BCUT2D eigenvalue weighted by Crippen LogP contribution is -1.93. The van der Waals surface area contributed by atoms with Gasteiger partial charge in [0.15, 0.2) is 11.3 Å². The van der Waals surface area contributed by atoms with E-state index in [1.807, 2.05) is 18.3 Å². The van der Waals surface area contributed by atoms with Crippen LogP contribution in [0.1, 0.15) is 31.0 Å². The summed E-state index contributed by atoms with van der Waals surface area (Å²) in [5.41, 5.74) is 2.09. The lowest BCUT2D eigenvalue weighted by Gasteiger charge is -2.08. The van der Waals surface area contributed by atoms with Gasteiger partial charge in [-0.1, -0.05) is 25.4 Å². The number of fused-ring (bicyclic) bond motifs is 1. The van der Waals surface area contributed by atoms with Crippen LogP contribution in [0.4, 0.5) is 0 Å². The molecule has 2 heterocycles. The predicted molar refractivity (Wildman–Crippen MR) is 59.0 cm³/mol. The van der Waals surface area contributed by atoms with Gasteiger partial charge in [0.25, 0.3) is 0 Å². The van der Waals surface area contributed by atoms with Crippen molar-refractivity contribution in [3.05, 3.63) is 34.7 Å². The molecule has 0 aliphatic rings. The molecule has 2 rings (SSSR count). The average Bonchev–Trinajstić information content (AvgIpc) is 2.61. The van der Waals surface area contributed by atoms with Gasteiger partial charge in [0.2, 0.25) is 0 Å². The van der Waals surface area contributed by atoms with E-state index in [0.717, 1.165) is 5.56 Å². The molecule has 2 aromatic heterocycles. The van der Waals surface area contributed by atoms with Gasteiger partial charge in [-0.2, -0.15) is 5.26 Å². The second-order valence-electron chi connectivity index (χ2n) is 3.71. The third-order valence-corrected chi connectivity index (χ3v) is 2.72. The van der Waals surface area contributed by atoms with Crippen molar-refractivity contribution in [3.63, 3.8) is 0 Å². The summed E-state index contributed by atoms with van der Waals surface area (Å²) in [5, 5.41) is 9.37. The molecule has 0 aliphatic heterocycles. The van der Waals surface area contributed by atoms with Crippen molar-refractivity contribution in [3.8, 4) is 6.07 Å². The van der Waals surface area contributed by atoms with Gasteiger partial charge in [0.1, 0.15) is 6.07 Å². The Morgan fingerprint density at radius 3 is 2.87 bits per heavy atom. The summed E-state index contributed by atoms with van der Waals surface area (Å²) in [7, 11) is 0. The van der Waals surface area contributed by atoms with E-state index in [-0.39, 0.29) is 0 Å². The van der Waals surface area contributed by atoms with E-state index in [9.17, 15) is 0 Å². The van der Waals surface area contributed by atoms with Gasteiger partial charge in [0.05, 0.1) is 5.02 Å². The van der Waals surface area contributed by atoms with Crippen LogP contribution in [0.3, 0.4) is 0 Å². The molecule has 0 atom stereocenters. The fourth-order valence-electron chi connectivity index (χ4n) is 1.53. The van der Waals surface area contributed by atoms with Crippen LogP contribution in [0.2, 0.25) is 5.02 Å². The number of aromatic nitrogens is 2. The second kappa shape index (κ2) is 3.56. The first kappa shape index (κ1) is 10.0. The fraction of sp³-hybridized carbons (Fsp3) is 0.273. The summed E-state index contributed by atoms with van der Waals surface area (Å²) in [6.07, 6.45) is 3.55. The van der Waals surface area contributed by atoms with E-state index in [4.69, 9.17) is 16.9 Å². The minimum absolute atomic E-state index is 0.352. The van der Waals surface area contributed by atoms with Crippen LogP contribution in [0.15, 0.2) is 18.5 Å². The number of halogens is 1. The molecule has 3 nitrogen and oxygen atoms in total. The quantitative estimate of drug-likeness (QED) is 0.740. The molecular formula is C11H10ClN3. The van der Waals surface area contributed by atoms with Gasteiger partial charge in [-0.25, -0.2) is 4.98 Å². The summed E-state index contributed by atoms with van der Waals surface area (Å²) >= 11 is 6.21. The van der Waals surface area contributed by atoms with E-state index in [1.165, 1.54) is 0 Å². The predicted octanol–water partition coefficient (Wildman–Crippen LogP) is 2.98. The van der Waals surface area contributed by atoms with Gasteiger partial charge in [-0.3, -0.25) is 0 Å². The third-order valence-electron chi connectivity index (χ3n) is 2.33. The summed E-state index contributed by atoms with van der Waals surface area (Å²) in [4.78, 5) is 4.14. The molecule has 15 heavy (non-hydrogen) atoms. The van der Waals surface area contributed by atoms with Crippen molar-refractivity contribution in [1.82, 2.24) is 9.38 Å². The fourth-order valence-corrected chi connectivity index (χ4v) is 1.95. The third kappa shape index (κ3) is 1.57. The Hall–Kier alpha value is -1.53. The first-order valence-electron chi connectivity index (χ1n) is 4.70. The van der Waals surface area contributed by atoms with Crippen molar-refractivity contribution < 1.29 is 0 Å². The van der Waals surface area contributed by atoms with Crippen LogP contribution in [0.5, 0.6) is 0 Å². The maximum atomic E-state index is 8.74. The summed E-state index contributed by atoms with van der Waals surface area (Å²) in [6.45, 7) is 4.15. The first-order chi connectivity index (χ1) is 7.13. The highest BCUT2D eigenvalue weighted by molar-refractivity contribution is 6.34. The molecule has 4 heteroatoms. The smallest absolute Gasteiger partial charge is 0.159 e. The van der Waals surface area contributed by atoms with Crippen molar-refractivity contribution in [2.45, 2.75) is 19.8 Å². The van der Waals surface area contributed by atoms with Crippen LogP contribution in [-0.2, 0) is 0 Å². The molecule has 0 spiro atoms. The number of hydrogen-bond donors (Lipinski definition) is 0. The van der Waals surface area contributed by atoms with Crippen LogP contribution >= 0.6 is 11.6 Å². The average molecular weight is 220 g/mol. The number of nitriles is 1. The molecule has 0 aliphatic carbocycles. The molecule has 0 amide bonds. The molecule has 2 aromatic rings. The lowest BCUT2D eigenvalue weighted by molar-refractivity contribution is 0.863. The molecule has 0 unspecified atom stereocenters. The maximum absolute atomic E-state index is 8.74. The van der Waals surface area contributed by atoms with E-state index in [0.29, 0.717) is 22.3 Å². The van der Waals surface area contributed by atoms with Crippen LogP contribution in [0.25, 0.3) is 5.65 Å². The van der Waals surface area contributed by atoms with Crippen molar-refractivity contribution in [2.24, 2.45) is 0 Å². The van der Waals surface area contributed by atoms with Crippen LogP contribution < -0.4 is 0 Å². The molecular weight excluding hydrogens is 210 g/mol. The maximum Gasteiger partial charge on any atom is 0.159 e. The Balaban J connectivity index is 2.74. The second-order valence-corrected chi connectivity index (χ2v) is 4.09. The van der Waals surface area contributed by atoms with E-state index >= 15 is 0 Å². The molecule has 0 bridgehead atoms. The summed E-state index contributed by atoms with van der Waals surface area (Å²) in [5.74, 6) is 0.352. The molecule has 0 saturated carbocycles. The Morgan fingerprint density at radius 1 is 1.53 bits per heavy atom. The normalized spacial score (nSPS) is 10.9. The summed E-state index contributed by atoms with van der Waals surface area (Å²) in [6, 6.07) is 3.96. The van der Waals surface area contributed by atoms with Gasteiger partial charge in [-0.15, -0.1) is 0 Å². The van der Waals surface area contributed by atoms with E-state index in [1.54, 1.807) is 10.6 Å². The minimum Gasteiger partial charge on any atom is -0.304 e.